The number of fused-ring (bicyclic) bond motifs is 1. The van der Waals surface area contributed by atoms with E-state index < -0.39 is 0 Å². The van der Waals surface area contributed by atoms with Gasteiger partial charge in [0.2, 0.25) is 6.79 Å². The highest BCUT2D eigenvalue weighted by Crippen LogP contribution is 2.32. The molecule has 0 bridgehead atoms. The van der Waals surface area contributed by atoms with Crippen molar-refractivity contribution in [2.45, 2.75) is 6.92 Å². The molecule has 1 aliphatic rings. The fraction of sp³-hybridized carbons (Fsp3) is 0.118. The van der Waals surface area contributed by atoms with Crippen LogP contribution in [0.5, 0.6) is 17.2 Å². The second-order valence-electron chi connectivity index (χ2n) is 4.61. The average molecular weight is 282 g/mol. The van der Waals surface area contributed by atoms with Crippen LogP contribution in [0, 0.1) is 0 Å². The van der Waals surface area contributed by atoms with E-state index in [2.05, 4.69) is 0 Å². The van der Waals surface area contributed by atoms with E-state index in [0.29, 0.717) is 5.75 Å². The van der Waals surface area contributed by atoms with E-state index in [1.807, 2.05) is 42.5 Å². The lowest BCUT2D eigenvalue weighted by Gasteiger charge is -2.01. The van der Waals surface area contributed by atoms with Crippen LogP contribution in [0.4, 0.5) is 0 Å². The molecule has 0 amide bonds. The Labute approximate surface area is 122 Å². The van der Waals surface area contributed by atoms with Gasteiger partial charge in [-0.1, -0.05) is 30.4 Å². The predicted molar refractivity (Wildman–Crippen MR) is 79.2 cm³/mol. The van der Waals surface area contributed by atoms with Gasteiger partial charge in [0.05, 0.1) is 0 Å². The molecule has 0 aromatic heterocycles. The molecule has 0 fully saturated rings. The minimum Gasteiger partial charge on any atom is -0.454 e. The van der Waals surface area contributed by atoms with E-state index in [9.17, 15) is 4.79 Å². The zero-order valence-corrected chi connectivity index (χ0v) is 11.5. The standard InChI is InChI=1S/C17H14O4/c1-12(18)21-15-7-4-13(5-8-15)2-3-14-6-9-16-17(10-14)20-11-19-16/h2-10H,11H2,1H3/b3-2+. The van der Waals surface area contributed by atoms with Crippen molar-refractivity contribution in [1.82, 2.24) is 0 Å². The van der Waals surface area contributed by atoms with Gasteiger partial charge in [0.25, 0.3) is 0 Å². The molecule has 2 aromatic rings. The molecule has 0 unspecified atom stereocenters. The first kappa shape index (κ1) is 13.2. The summed E-state index contributed by atoms with van der Waals surface area (Å²) in [6, 6.07) is 13.1. The van der Waals surface area contributed by atoms with E-state index in [0.717, 1.165) is 22.6 Å². The minimum atomic E-state index is -0.321. The van der Waals surface area contributed by atoms with E-state index >= 15 is 0 Å². The van der Waals surface area contributed by atoms with Gasteiger partial charge in [-0.15, -0.1) is 0 Å². The molecule has 4 nitrogen and oxygen atoms in total. The maximum absolute atomic E-state index is 10.8. The van der Waals surface area contributed by atoms with Gasteiger partial charge in [-0.05, 0) is 35.4 Å². The molecule has 1 aliphatic heterocycles. The Morgan fingerprint density at radius 2 is 1.67 bits per heavy atom. The summed E-state index contributed by atoms with van der Waals surface area (Å²) >= 11 is 0. The molecule has 0 atom stereocenters. The zero-order valence-electron chi connectivity index (χ0n) is 11.5. The van der Waals surface area contributed by atoms with Crippen molar-refractivity contribution < 1.29 is 19.0 Å². The Morgan fingerprint density at radius 3 is 2.43 bits per heavy atom. The van der Waals surface area contributed by atoms with Crippen molar-refractivity contribution in [2.24, 2.45) is 0 Å². The highest BCUT2D eigenvalue weighted by atomic mass is 16.7. The van der Waals surface area contributed by atoms with E-state index in [1.165, 1.54) is 6.92 Å². The van der Waals surface area contributed by atoms with E-state index in [1.54, 1.807) is 12.1 Å². The van der Waals surface area contributed by atoms with E-state index in [4.69, 9.17) is 14.2 Å². The molecular weight excluding hydrogens is 268 g/mol. The first-order valence-electron chi connectivity index (χ1n) is 6.57. The minimum absolute atomic E-state index is 0.278. The van der Waals surface area contributed by atoms with Gasteiger partial charge in [0.1, 0.15) is 5.75 Å². The normalized spacial score (nSPS) is 12.6. The van der Waals surface area contributed by atoms with Crippen LogP contribution in [0.25, 0.3) is 12.2 Å². The predicted octanol–water partition coefficient (Wildman–Crippen LogP) is 3.51. The molecule has 0 saturated carbocycles. The highest BCUT2D eigenvalue weighted by Gasteiger charge is 2.12. The van der Waals surface area contributed by atoms with Crippen LogP contribution in [-0.2, 0) is 4.79 Å². The number of hydrogen-bond acceptors (Lipinski definition) is 4. The van der Waals surface area contributed by atoms with Crippen LogP contribution in [0.15, 0.2) is 42.5 Å². The number of carbonyl (C=O) groups excluding carboxylic acids is 1. The summed E-state index contributed by atoms with van der Waals surface area (Å²) in [7, 11) is 0. The number of hydrogen-bond donors (Lipinski definition) is 0. The largest absolute Gasteiger partial charge is 0.454 e. The fourth-order valence-corrected chi connectivity index (χ4v) is 2.02. The lowest BCUT2D eigenvalue weighted by atomic mass is 10.1. The van der Waals surface area contributed by atoms with Crippen molar-refractivity contribution in [3.63, 3.8) is 0 Å². The molecule has 0 aliphatic carbocycles. The molecule has 1 heterocycles. The third-order valence-electron chi connectivity index (χ3n) is 3.01. The molecule has 106 valence electrons. The molecule has 21 heavy (non-hydrogen) atoms. The average Bonchev–Trinajstić information content (AvgIpc) is 2.93. The second kappa shape index (κ2) is 5.71. The van der Waals surface area contributed by atoms with Crippen molar-refractivity contribution >= 4 is 18.1 Å². The van der Waals surface area contributed by atoms with Crippen molar-refractivity contribution in [2.75, 3.05) is 6.79 Å². The van der Waals surface area contributed by atoms with Crippen LogP contribution >= 0.6 is 0 Å². The SMILES string of the molecule is CC(=O)Oc1ccc(/C=C/c2ccc3c(c2)OCO3)cc1. The number of carbonyl (C=O) groups is 1. The first-order valence-corrected chi connectivity index (χ1v) is 6.57. The molecule has 2 aromatic carbocycles. The van der Waals surface area contributed by atoms with Gasteiger partial charge in [-0.2, -0.15) is 0 Å². The molecule has 3 rings (SSSR count). The summed E-state index contributed by atoms with van der Waals surface area (Å²) in [5.41, 5.74) is 2.05. The Morgan fingerprint density at radius 1 is 1.00 bits per heavy atom. The smallest absolute Gasteiger partial charge is 0.308 e. The zero-order chi connectivity index (χ0) is 14.7. The third-order valence-corrected chi connectivity index (χ3v) is 3.01. The lowest BCUT2D eigenvalue weighted by Crippen LogP contribution is -2.00. The van der Waals surface area contributed by atoms with Gasteiger partial charge in [0.15, 0.2) is 11.5 Å². The van der Waals surface area contributed by atoms with Crippen LogP contribution in [-0.4, -0.2) is 12.8 Å². The fourth-order valence-electron chi connectivity index (χ4n) is 2.02. The summed E-state index contributed by atoms with van der Waals surface area (Å²) in [6.07, 6.45) is 3.97. The summed E-state index contributed by atoms with van der Waals surface area (Å²) in [6.45, 7) is 1.66. The van der Waals surface area contributed by atoms with Gasteiger partial charge in [-0.3, -0.25) is 4.79 Å². The Bertz CT molecular complexity index is 686. The molecule has 0 N–H and O–H groups in total. The van der Waals surface area contributed by atoms with Crippen molar-refractivity contribution in [3.05, 3.63) is 53.6 Å². The maximum atomic E-state index is 10.8. The number of ether oxygens (including phenoxy) is 3. The van der Waals surface area contributed by atoms with Crippen LogP contribution < -0.4 is 14.2 Å². The van der Waals surface area contributed by atoms with Crippen LogP contribution in [0.1, 0.15) is 18.1 Å². The molecule has 4 heteroatoms. The monoisotopic (exact) mass is 282 g/mol. The summed E-state index contributed by atoms with van der Waals surface area (Å²) in [5.74, 6) is 1.77. The van der Waals surface area contributed by atoms with Gasteiger partial charge >= 0.3 is 5.97 Å². The molecule has 0 saturated heterocycles. The Kier molecular flexibility index (Phi) is 3.60. The van der Waals surface area contributed by atoms with Gasteiger partial charge < -0.3 is 14.2 Å². The number of benzene rings is 2. The van der Waals surface area contributed by atoms with Gasteiger partial charge in [-0.25, -0.2) is 0 Å². The third kappa shape index (κ3) is 3.23. The van der Waals surface area contributed by atoms with Gasteiger partial charge in [0, 0.05) is 6.92 Å². The molecule has 0 spiro atoms. The number of esters is 1. The highest BCUT2D eigenvalue weighted by molar-refractivity contribution is 5.72. The van der Waals surface area contributed by atoms with E-state index in [-0.39, 0.29) is 12.8 Å². The molecular formula is C17H14O4. The topological polar surface area (TPSA) is 44.8 Å². The number of rotatable bonds is 3. The summed E-state index contributed by atoms with van der Waals surface area (Å²) in [4.78, 5) is 10.8. The lowest BCUT2D eigenvalue weighted by molar-refractivity contribution is -0.131. The van der Waals surface area contributed by atoms with Crippen molar-refractivity contribution in [3.8, 4) is 17.2 Å². The second-order valence-corrected chi connectivity index (χ2v) is 4.61. The quantitative estimate of drug-likeness (QED) is 0.491. The molecule has 0 radical (unpaired) electrons. The first-order chi connectivity index (χ1) is 10.2. The van der Waals surface area contributed by atoms with Crippen molar-refractivity contribution in [1.29, 1.82) is 0 Å². The van der Waals surface area contributed by atoms with Crippen LogP contribution in [0.3, 0.4) is 0 Å². The summed E-state index contributed by atoms with van der Waals surface area (Å²) < 4.78 is 15.6. The Balaban J connectivity index is 1.72. The van der Waals surface area contributed by atoms with Crippen LogP contribution in [0.2, 0.25) is 0 Å². The maximum Gasteiger partial charge on any atom is 0.308 e. The summed E-state index contributed by atoms with van der Waals surface area (Å²) in [5, 5.41) is 0. The Hall–Kier alpha value is -2.75.